The molecule has 0 saturated carbocycles. The predicted molar refractivity (Wildman–Crippen MR) is 305 cm³/mol. The first-order valence-electron chi connectivity index (χ1n) is 31.2. The fraction of sp³-hybridized carbons (Fsp3) is 0.885. The van der Waals surface area contributed by atoms with Crippen molar-refractivity contribution in [3.05, 3.63) is 36.5 Å². The third kappa shape index (κ3) is 27.8. The predicted octanol–water partition coefficient (Wildman–Crippen LogP) is 6.10. The Kier molecular flexibility index (Phi) is 40.2. The van der Waals surface area contributed by atoms with Crippen molar-refractivity contribution in [1.29, 1.82) is 0 Å². The first-order valence-corrected chi connectivity index (χ1v) is 31.2. The van der Waals surface area contributed by atoms with Crippen molar-refractivity contribution in [3.8, 4) is 0 Å². The number of hydrogen-bond donors (Lipinski definition) is 12. The number of ether oxygens (including phenoxy) is 6. The number of nitrogens with one attached hydrogen (secondary N) is 1. The largest absolute Gasteiger partial charge is 0.394 e. The molecule has 0 aromatic carbocycles. The summed E-state index contributed by atoms with van der Waals surface area (Å²) >= 11 is 0. The van der Waals surface area contributed by atoms with Gasteiger partial charge >= 0.3 is 0 Å². The van der Waals surface area contributed by atoms with E-state index in [9.17, 15) is 61.0 Å². The second-order valence-electron chi connectivity index (χ2n) is 22.5. The van der Waals surface area contributed by atoms with Crippen LogP contribution in [0.3, 0.4) is 0 Å². The van der Waals surface area contributed by atoms with Crippen molar-refractivity contribution in [3.63, 3.8) is 0 Å². The van der Waals surface area contributed by atoms with Crippen molar-refractivity contribution in [1.82, 2.24) is 5.32 Å². The van der Waals surface area contributed by atoms with E-state index in [4.69, 9.17) is 28.4 Å². The van der Waals surface area contributed by atoms with E-state index in [1.807, 2.05) is 6.08 Å². The molecular weight excluding hydrogens is 1030 g/mol. The maximum absolute atomic E-state index is 13.3. The highest BCUT2D eigenvalue weighted by Gasteiger charge is 2.53. The normalized spacial score (nSPS) is 30.2. The molecule has 0 radical (unpaired) electrons. The minimum atomic E-state index is -1.98. The number of rotatable bonds is 46. The Hall–Kier alpha value is -1.99. The third-order valence-corrected chi connectivity index (χ3v) is 15.7. The number of carbonyl (C=O) groups is 1. The molecule has 0 aromatic heterocycles. The van der Waals surface area contributed by atoms with Gasteiger partial charge in [0.05, 0.1) is 38.6 Å². The van der Waals surface area contributed by atoms with E-state index < -0.39 is 124 Å². The molecule has 80 heavy (non-hydrogen) atoms. The van der Waals surface area contributed by atoms with Gasteiger partial charge in [0.2, 0.25) is 5.91 Å². The van der Waals surface area contributed by atoms with E-state index >= 15 is 0 Å². The van der Waals surface area contributed by atoms with Crippen LogP contribution in [-0.4, -0.2) is 193 Å². The van der Waals surface area contributed by atoms with Gasteiger partial charge < -0.3 is 89.9 Å². The Morgan fingerprint density at radius 1 is 0.438 bits per heavy atom. The number of aliphatic hydroxyl groups is 11. The molecule has 0 bridgehead atoms. The lowest BCUT2D eigenvalue weighted by atomic mass is 9.96. The molecule has 17 unspecified atom stereocenters. The molecule has 3 heterocycles. The van der Waals surface area contributed by atoms with Gasteiger partial charge in [-0.1, -0.05) is 198 Å². The maximum Gasteiger partial charge on any atom is 0.220 e. The van der Waals surface area contributed by atoms with Crippen LogP contribution in [0.25, 0.3) is 0 Å². The zero-order chi connectivity index (χ0) is 58.3. The number of allylic oxidation sites excluding steroid dienone is 5. The summed E-state index contributed by atoms with van der Waals surface area (Å²) in [5, 5.41) is 120. The van der Waals surface area contributed by atoms with Gasteiger partial charge in [-0.05, 0) is 44.9 Å². The SMILES string of the molecule is CCCCCCCCCCCCCC/C=C/CC/C=C/CC/C=C/C(O)C(COC1OC(CO)C(OC2OC(CO)C(OC3OC(CO)C(O)C(O)C3O)C(O)C2O)C(O)C1O)NC(=O)CCCCCCCCCCCCCCC. The number of carbonyl (C=O) groups excluding carboxylic acids is 1. The fourth-order valence-corrected chi connectivity index (χ4v) is 10.5. The van der Waals surface area contributed by atoms with Crippen LogP contribution >= 0.6 is 0 Å². The second kappa shape index (κ2) is 44.5. The summed E-state index contributed by atoms with van der Waals surface area (Å²) < 4.78 is 34.2. The first kappa shape index (κ1) is 72.3. The zero-order valence-electron chi connectivity index (χ0n) is 48.8. The molecule has 19 nitrogen and oxygen atoms in total. The van der Waals surface area contributed by atoms with Gasteiger partial charge in [-0.3, -0.25) is 4.79 Å². The van der Waals surface area contributed by atoms with Crippen LogP contribution in [0.2, 0.25) is 0 Å². The molecule has 3 fully saturated rings. The standard InChI is InChI=1S/C61H111NO18/c1-3-5-7-9-11-13-15-17-18-19-20-21-22-23-24-25-27-28-30-32-34-36-38-45(66)44(62-49(67)39-37-35-33-31-29-26-16-14-12-10-8-6-4-2)43-75-59-55(73)52(70)57(47(41-64)77-59)80-61-56(74)53(71)58(48(42-65)78-61)79-60-54(72)51(69)50(68)46(40-63)76-60/h23-24,28,30,36,38,44-48,50-61,63-66,68-74H,3-22,25-27,29,31-35,37,39-43H2,1-2H3,(H,62,67)/b24-23+,30-28+,38-36+. The maximum atomic E-state index is 13.3. The molecule has 12 N–H and O–H groups in total. The van der Waals surface area contributed by atoms with Gasteiger partial charge in [0.25, 0.3) is 0 Å². The van der Waals surface area contributed by atoms with Crippen LogP contribution in [0.4, 0.5) is 0 Å². The lowest BCUT2D eigenvalue weighted by molar-refractivity contribution is -0.379. The Morgan fingerprint density at radius 3 is 1.25 bits per heavy atom. The van der Waals surface area contributed by atoms with E-state index in [1.54, 1.807) is 6.08 Å². The Balaban J connectivity index is 1.50. The molecule has 0 spiro atoms. The molecule has 468 valence electrons. The highest BCUT2D eigenvalue weighted by Crippen LogP contribution is 2.33. The van der Waals surface area contributed by atoms with E-state index in [-0.39, 0.29) is 18.9 Å². The van der Waals surface area contributed by atoms with Crippen LogP contribution < -0.4 is 5.32 Å². The van der Waals surface area contributed by atoms with Crippen LogP contribution in [0.1, 0.15) is 213 Å². The molecule has 3 rings (SSSR count). The summed E-state index contributed by atoms with van der Waals surface area (Å²) in [7, 11) is 0. The third-order valence-electron chi connectivity index (χ3n) is 15.7. The lowest BCUT2D eigenvalue weighted by Gasteiger charge is -2.48. The second-order valence-corrected chi connectivity index (χ2v) is 22.5. The zero-order valence-corrected chi connectivity index (χ0v) is 48.8. The van der Waals surface area contributed by atoms with Gasteiger partial charge in [0, 0.05) is 6.42 Å². The first-order chi connectivity index (χ1) is 38.8. The minimum Gasteiger partial charge on any atom is -0.394 e. The summed E-state index contributed by atoms with van der Waals surface area (Å²) in [6, 6.07) is -0.992. The Bertz CT molecular complexity index is 1600. The molecular formula is C61H111NO18. The van der Waals surface area contributed by atoms with E-state index in [0.29, 0.717) is 12.8 Å². The lowest BCUT2D eigenvalue weighted by Crippen LogP contribution is -2.66. The van der Waals surface area contributed by atoms with Crippen molar-refractivity contribution >= 4 is 5.91 Å². The number of unbranched alkanes of at least 4 members (excludes halogenated alkanes) is 26. The van der Waals surface area contributed by atoms with Crippen molar-refractivity contribution in [2.24, 2.45) is 0 Å². The smallest absolute Gasteiger partial charge is 0.220 e. The molecule has 0 aliphatic carbocycles. The van der Waals surface area contributed by atoms with Gasteiger partial charge in [0.15, 0.2) is 18.9 Å². The summed E-state index contributed by atoms with van der Waals surface area (Å²) in [5.74, 6) is -0.290. The summed E-state index contributed by atoms with van der Waals surface area (Å²) in [6.07, 6.45) is 21.3. The van der Waals surface area contributed by atoms with E-state index in [1.165, 1.54) is 135 Å². The summed E-state index contributed by atoms with van der Waals surface area (Å²) in [5.41, 5.74) is 0. The topological polar surface area (TPSA) is 307 Å². The monoisotopic (exact) mass is 1150 g/mol. The van der Waals surface area contributed by atoms with E-state index in [0.717, 1.165) is 44.9 Å². The van der Waals surface area contributed by atoms with Crippen molar-refractivity contribution in [2.45, 2.75) is 317 Å². The quantitative estimate of drug-likeness (QED) is 0.0242. The molecule has 1 amide bonds. The van der Waals surface area contributed by atoms with Crippen molar-refractivity contribution < 1.29 is 89.4 Å². The van der Waals surface area contributed by atoms with Crippen LogP contribution in [0.5, 0.6) is 0 Å². The molecule has 17 atom stereocenters. The molecule has 19 heteroatoms. The molecule has 3 saturated heterocycles. The average Bonchev–Trinajstić information content (AvgIpc) is 3.58. The highest BCUT2D eigenvalue weighted by molar-refractivity contribution is 5.76. The Morgan fingerprint density at radius 2 is 0.800 bits per heavy atom. The molecule has 3 aliphatic heterocycles. The van der Waals surface area contributed by atoms with Crippen LogP contribution in [0.15, 0.2) is 36.5 Å². The van der Waals surface area contributed by atoms with Gasteiger partial charge in [0.1, 0.15) is 73.2 Å². The summed E-state index contributed by atoms with van der Waals surface area (Å²) in [6.45, 7) is 1.69. The van der Waals surface area contributed by atoms with Crippen LogP contribution in [0, 0.1) is 0 Å². The van der Waals surface area contributed by atoms with Gasteiger partial charge in [-0.2, -0.15) is 0 Å². The van der Waals surface area contributed by atoms with Gasteiger partial charge in [-0.15, -0.1) is 0 Å². The molecule has 0 aromatic rings. The number of amides is 1. The van der Waals surface area contributed by atoms with Crippen LogP contribution in [-0.2, 0) is 33.2 Å². The minimum absolute atomic E-state index is 0.235. The van der Waals surface area contributed by atoms with Gasteiger partial charge in [-0.25, -0.2) is 0 Å². The highest BCUT2D eigenvalue weighted by atomic mass is 16.8. The number of hydrogen-bond acceptors (Lipinski definition) is 18. The number of aliphatic hydroxyl groups excluding tert-OH is 11. The average molecular weight is 1150 g/mol. The molecule has 3 aliphatic rings. The fourth-order valence-electron chi connectivity index (χ4n) is 10.5. The summed E-state index contributed by atoms with van der Waals surface area (Å²) in [4.78, 5) is 13.3. The van der Waals surface area contributed by atoms with Crippen molar-refractivity contribution in [2.75, 3.05) is 26.4 Å². The Labute approximate surface area is 479 Å². The van der Waals surface area contributed by atoms with E-state index in [2.05, 4.69) is 43.5 Å².